The molecule has 2 rings (SSSR count). The quantitative estimate of drug-likeness (QED) is 0.670. The van der Waals surface area contributed by atoms with Gasteiger partial charge in [-0.2, -0.15) is 0 Å². The lowest BCUT2D eigenvalue weighted by Gasteiger charge is -2.10. The zero-order valence-electron chi connectivity index (χ0n) is 9.19. The molecule has 0 spiro atoms. The van der Waals surface area contributed by atoms with Crippen molar-refractivity contribution in [1.29, 1.82) is 0 Å². The molecule has 2 aromatic rings. The van der Waals surface area contributed by atoms with Crippen molar-refractivity contribution in [2.45, 2.75) is 25.3 Å². The van der Waals surface area contributed by atoms with Crippen LogP contribution >= 0.6 is 0 Å². The van der Waals surface area contributed by atoms with Crippen LogP contribution in [0.2, 0.25) is 0 Å². The van der Waals surface area contributed by atoms with Crippen molar-refractivity contribution in [1.82, 2.24) is 9.97 Å². The number of pyridine rings is 1. The minimum absolute atomic E-state index is 0.0124. The molecule has 0 saturated heterocycles. The molecular formula is C12H17N3O. The maximum atomic E-state index is 8.71. The zero-order chi connectivity index (χ0) is 11.4. The summed E-state index contributed by atoms with van der Waals surface area (Å²) in [5, 5.41) is 9.80. The van der Waals surface area contributed by atoms with Gasteiger partial charge in [0.25, 0.3) is 0 Å². The van der Waals surface area contributed by atoms with Gasteiger partial charge in [-0.1, -0.05) is 0 Å². The summed E-state index contributed by atoms with van der Waals surface area (Å²) >= 11 is 0. The number of fused-ring (bicyclic) bond motifs is 1. The van der Waals surface area contributed by atoms with Gasteiger partial charge in [-0.05, 0) is 37.0 Å². The molecule has 4 N–H and O–H groups in total. The number of rotatable bonds is 5. The standard InChI is InChI=1S/C12H17N3O/c13-11(3-1-2-6-16)10-7-9-4-5-14-12(9)15-8-10/h4-5,7-8,11,16H,1-3,6,13H2,(H,14,15)/t11-/m1/s1. The lowest BCUT2D eigenvalue weighted by atomic mass is 10.0. The maximum Gasteiger partial charge on any atom is 0.137 e. The highest BCUT2D eigenvalue weighted by molar-refractivity contribution is 5.75. The number of nitrogens with zero attached hydrogens (tertiary/aromatic N) is 1. The van der Waals surface area contributed by atoms with E-state index in [0.29, 0.717) is 0 Å². The van der Waals surface area contributed by atoms with Gasteiger partial charge < -0.3 is 15.8 Å². The lowest BCUT2D eigenvalue weighted by Crippen LogP contribution is -2.10. The van der Waals surface area contributed by atoms with Gasteiger partial charge in [-0.15, -0.1) is 0 Å². The van der Waals surface area contributed by atoms with Gasteiger partial charge in [0.1, 0.15) is 5.65 Å². The Hall–Kier alpha value is -1.39. The normalized spacial score (nSPS) is 13.1. The van der Waals surface area contributed by atoms with E-state index in [4.69, 9.17) is 10.8 Å². The molecule has 0 aliphatic heterocycles. The molecule has 0 saturated carbocycles. The van der Waals surface area contributed by atoms with Crippen molar-refractivity contribution in [2.24, 2.45) is 5.73 Å². The van der Waals surface area contributed by atoms with Crippen LogP contribution in [0.4, 0.5) is 0 Å². The Morgan fingerprint density at radius 2 is 2.31 bits per heavy atom. The third-order valence-corrected chi connectivity index (χ3v) is 2.77. The fraction of sp³-hybridized carbons (Fsp3) is 0.417. The second kappa shape index (κ2) is 5.09. The van der Waals surface area contributed by atoms with E-state index in [1.54, 1.807) is 0 Å². The smallest absolute Gasteiger partial charge is 0.137 e. The molecule has 0 amide bonds. The van der Waals surface area contributed by atoms with Crippen molar-refractivity contribution < 1.29 is 5.11 Å². The summed E-state index contributed by atoms with van der Waals surface area (Å²) in [4.78, 5) is 7.36. The van der Waals surface area contributed by atoms with E-state index in [2.05, 4.69) is 16.0 Å². The number of aromatic nitrogens is 2. The molecule has 2 heterocycles. The van der Waals surface area contributed by atoms with Crippen molar-refractivity contribution >= 4 is 11.0 Å². The third-order valence-electron chi connectivity index (χ3n) is 2.77. The number of H-pyrrole nitrogens is 1. The maximum absolute atomic E-state index is 8.71. The van der Waals surface area contributed by atoms with Crippen molar-refractivity contribution in [3.8, 4) is 0 Å². The van der Waals surface area contributed by atoms with Crippen molar-refractivity contribution in [3.05, 3.63) is 30.1 Å². The molecule has 4 heteroatoms. The Balaban J connectivity index is 2.07. The second-order valence-corrected chi connectivity index (χ2v) is 4.01. The van der Waals surface area contributed by atoms with E-state index in [0.717, 1.165) is 35.9 Å². The predicted molar refractivity (Wildman–Crippen MR) is 64.0 cm³/mol. The molecule has 0 aliphatic carbocycles. The molecule has 0 aliphatic rings. The first-order valence-corrected chi connectivity index (χ1v) is 5.60. The molecule has 86 valence electrons. The molecule has 4 nitrogen and oxygen atoms in total. The molecule has 16 heavy (non-hydrogen) atoms. The van der Waals surface area contributed by atoms with Crippen LogP contribution in [0, 0.1) is 0 Å². The summed E-state index contributed by atoms with van der Waals surface area (Å²) in [6.45, 7) is 0.238. The molecule has 0 unspecified atom stereocenters. The van der Waals surface area contributed by atoms with Gasteiger partial charge in [-0.3, -0.25) is 0 Å². The van der Waals surface area contributed by atoms with Crippen LogP contribution in [0.3, 0.4) is 0 Å². The van der Waals surface area contributed by atoms with E-state index in [9.17, 15) is 0 Å². The summed E-state index contributed by atoms with van der Waals surface area (Å²) in [6, 6.07) is 4.08. The highest BCUT2D eigenvalue weighted by atomic mass is 16.2. The fourth-order valence-electron chi connectivity index (χ4n) is 1.80. The van der Waals surface area contributed by atoms with Crippen LogP contribution in [0.1, 0.15) is 30.9 Å². The Morgan fingerprint density at radius 1 is 1.44 bits per heavy atom. The number of hydrogen-bond acceptors (Lipinski definition) is 3. The monoisotopic (exact) mass is 219 g/mol. The van der Waals surface area contributed by atoms with Gasteiger partial charge in [-0.25, -0.2) is 4.98 Å². The number of aliphatic hydroxyl groups is 1. The Bertz CT molecular complexity index is 452. The average Bonchev–Trinajstić information content (AvgIpc) is 2.76. The summed E-state index contributed by atoms with van der Waals surface area (Å²) in [6.07, 6.45) is 6.34. The first kappa shape index (κ1) is 11.1. The molecule has 2 aromatic heterocycles. The van der Waals surface area contributed by atoms with Crippen LogP contribution < -0.4 is 5.73 Å². The van der Waals surface area contributed by atoms with E-state index in [1.165, 1.54) is 0 Å². The fourth-order valence-corrected chi connectivity index (χ4v) is 1.80. The number of nitrogens with two attached hydrogens (primary N) is 1. The molecule has 1 atom stereocenters. The largest absolute Gasteiger partial charge is 0.396 e. The molecule has 0 fully saturated rings. The Labute approximate surface area is 94.5 Å². The van der Waals surface area contributed by atoms with E-state index < -0.39 is 0 Å². The van der Waals surface area contributed by atoms with Gasteiger partial charge in [0, 0.05) is 30.4 Å². The van der Waals surface area contributed by atoms with Gasteiger partial charge in [0.15, 0.2) is 0 Å². The van der Waals surface area contributed by atoms with E-state index in [1.807, 2.05) is 18.5 Å². The lowest BCUT2D eigenvalue weighted by molar-refractivity contribution is 0.281. The van der Waals surface area contributed by atoms with Gasteiger partial charge in [0.05, 0.1) is 0 Å². The molecular weight excluding hydrogens is 202 g/mol. The summed E-state index contributed by atoms with van der Waals surface area (Å²) in [7, 11) is 0. The number of aromatic amines is 1. The number of nitrogens with one attached hydrogen (secondary N) is 1. The van der Waals surface area contributed by atoms with Gasteiger partial charge in [0.2, 0.25) is 0 Å². The third kappa shape index (κ3) is 2.40. The minimum atomic E-state index is 0.0124. The second-order valence-electron chi connectivity index (χ2n) is 4.01. The Morgan fingerprint density at radius 3 is 3.12 bits per heavy atom. The van der Waals surface area contributed by atoms with E-state index in [-0.39, 0.29) is 12.6 Å². The van der Waals surface area contributed by atoms with Crippen molar-refractivity contribution in [3.63, 3.8) is 0 Å². The molecule has 0 aromatic carbocycles. The SMILES string of the molecule is N[C@H](CCCCO)c1cnc2[nH]ccc2c1. The van der Waals surface area contributed by atoms with Crippen LogP contribution in [0.15, 0.2) is 24.5 Å². The molecule has 0 radical (unpaired) electrons. The topological polar surface area (TPSA) is 74.9 Å². The first-order valence-electron chi connectivity index (χ1n) is 5.60. The molecule has 0 bridgehead atoms. The minimum Gasteiger partial charge on any atom is -0.396 e. The van der Waals surface area contributed by atoms with Crippen LogP contribution in [0.25, 0.3) is 11.0 Å². The van der Waals surface area contributed by atoms with Crippen LogP contribution in [-0.2, 0) is 0 Å². The Kier molecular flexibility index (Phi) is 3.54. The number of aliphatic hydroxyl groups excluding tert-OH is 1. The summed E-state index contributed by atoms with van der Waals surface area (Å²) in [5.74, 6) is 0. The van der Waals surface area contributed by atoms with Gasteiger partial charge >= 0.3 is 0 Å². The highest BCUT2D eigenvalue weighted by Gasteiger charge is 2.07. The predicted octanol–water partition coefficient (Wildman–Crippen LogP) is 1.73. The zero-order valence-corrected chi connectivity index (χ0v) is 9.19. The van der Waals surface area contributed by atoms with Crippen molar-refractivity contribution in [2.75, 3.05) is 6.61 Å². The van der Waals surface area contributed by atoms with Crippen LogP contribution in [-0.4, -0.2) is 21.7 Å². The summed E-state index contributed by atoms with van der Waals surface area (Å²) in [5.41, 5.74) is 8.02. The number of hydrogen-bond donors (Lipinski definition) is 3. The van der Waals surface area contributed by atoms with Crippen LogP contribution in [0.5, 0.6) is 0 Å². The van der Waals surface area contributed by atoms with E-state index >= 15 is 0 Å². The number of unbranched alkanes of at least 4 members (excludes halogenated alkanes) is 1. The summed E-state index contributed by atoms with van der Waals surface area (Å²) < 4.78 is 0. The highest BCUT2D eigenvalue weighted by Crippen LogP contribution is 2.19. The average molecular weight is 219 g/mol. The first-order chi connectivity index (χ1) is 7.81.